The Bertz CT molecular complexity index is 1040. The first-order chi connectivity index (χ1) is 16.7. The minimum atomic E-state index is -1.03. The van der Waals surface area contributed by atoms with Crippen LogP contribution in [0.3, 0.4) is 0 Å². The zero-order chi connectivity index (χ0) is 23.1. The van der Waals surface area contributed by atoms with Crippen LogP contribution in [0.15, 0.2) is 29.4 Å². The second-order valence-corrected chi connectivity index (χ2v) is 11.1. The topological polar surface area (TPSA) is 80.0 Å². The fourth-order valence-corrected chi connectivity index (χ4v) is 7.85. The van der Waals surface area contributed by atoms with Gasteiger partial charge in [-0.05, 0) is 68.9 Å². The number of carbonyl (C=O) groups is 1. The fourth-order valence-electron chi connectivity index (χ4n) is 7.85. The number of benzene rings is 1. The van der Waals surface area contributed by atoms with Gasteiger partial charge in [0, 0.05) is 24.2 Å². The first-order valence-corrected chi connectivity index (χ1v) is 13.3. The minimum absolute atomic E-state index is 0.378. The molecule has 2 saturated carbocycles. The number of nitrogens with zero attached hydrogens (tertiary/aromatic N) is 4. The van der Waals surface area contributed by atoms with Crippen LogP contribution in [0.25, 0.3) is 11.0 Å². The van der Waals surface area contributed by atoms with Crippen LogP contribution in [0, 0.1) is 11.8 Å². The number of piperidine rings is 2. The summed E-state index contributed by atoms with van der Waals surface area (Å²) in [6.45, 7) is -0.442. The van der Waals surface area contributed by atoms with Gasteiger partial charge in [0.15, 0.2) is 5.82 Å². The Morgan fingerprint density at radius 3 is 2.41 bits per heavy atom. The van der Waals surface area contributed by atoms with Gasteiger partial charge in [-0.2, -0.15) is 0 Å². The number of hydrogen-bond acceptors (Lipinski definition) is 5. The molecule has 4 unspecified atom stereocenters. The van der Waals surface area contributed by atoms with E-state index in [2.05, 4.69) is 26.8 Å². The molecule has 7 heteroatoms. The SMILES string of the molecule is O=C(O)CON=Cc1nc2ccccc2n1C1CC2CCCC(C1)N2C1CC2CCCC(C2)C1. The lowest BCUT2D eigenvalue weighted by molar-refractivity contribution is -0.142. The molecule has 182 valence electrons. The van der Waals surface area contributed by atoms with Crippen molar-refractivity contribution in [2.45, 2.75) is 94.8 Å². The lowest BCUT2D eigenvalue weighted by Crippen LogP contribution is -2.58. The van der Waals surface area contributed by atoms with Crippen LogP contribution in [0.2, 0.25) is 0 Å². The van der Waals surface area contributed by atoms with E-state index in [1.54, 1.807) is 6.21 Å². The number of para-hydroxylation sites is 2. The Kier molecular flexibility index (Phi) is 6.06. The van der Waals surface area contributed by atoms with Crippen molar-refractivity contribution in [2.24, 2.45) is 17.0 Å². The highest BCUT2D eigenvalue weighted by molar-refractivity contribution is 5.85. The molecule has 1 aromatic heterocycles. The van der Waals surface area contributed by atoms with E-state index in [0.29, 0.717) is 18.1 Å². The molecule has 0 spiro atoms. The number of carboxylic acid groups (broad SMARTS) is 1. The van der Waals surface area contributed by atoms with Gasteiger partial charge in [0.05, 0.1) is 11.0 Å². The molecule has 3 heterocycles. The zero-order valence-corrected chi connectivity index (χ0v) is 19.9. The van der Waals surface area contributed by atoms with Gasteiger partial charge < -0.3 is 14.5 Å². The highest BCUT2D eigenvalue weighted by atomic mass is 16.6. The monoisotopic (exact) mass is 464 g/mol. The van der Waals surface area contributed by atoms with Crippen molar-refractivity contribution in [3.8, 4) is 0 Å². The number of oxime groups is 1. The predicted molar refractivity (Wildman–Crippen MR) is 131 cm³/mol. The lowest BCUT2D eigenvalue weighted by atomic mass is 9.68. The normalized spacial score (nSPS) is 33.9. The molecule has 6 rings (SSSR count). The molecule has 7 nitrogen and oxygen atoms in total. The summed E-state index contributed by atoms with van der Waals surface area (Å²) in [5.74, 6) is 1.65. The van der Waals surface area contributed by atoms with E-state index in [1.807, 2.05) is 12.1 Å². The number of aromatic nitrogens is 2. The van der Waals surface area contributed by atoms with Gasteiger partial charge in [0.25, 0.3) is 0 Å². The second kappa shape index (κ2) is 9.33. The average Bonchev–Trinajstić information content (AvgIpc) is 3.19. The number of rotatable bonds is 6. The third kappa shape index (κ3) is 4.23. The van der Waals surface area contributed by atoms with Crippen LogP contribution in [0.4, 0.5) is 0 Å². The number of imidazole rings is 1. The van der Waals surface area contributed by atoms with Gasteiger partial charge in [-0.25, -0.2) is 9.78 Å². The van der Waals surface area contributed by atoms with E-state index >= 15 is 0 Å². The Morgan fingerprint density at radius 2 is 1.68 bits per heavy atom. The standard InChI is InChI=1S/C27H36N4O3/c32-27(33)17-34-28-16-26-29-24-9-1-2-10-25(24)31(26)23-14-20-7-4-8-21(15-23)30(20)22-12-18-5-3-6-19(11-18)13-22/h1-2,9-10,16,18-23H,3-8,11-15,17H2,(H,32,33). The molecule has 4 aliphatic rings. The largest absolute Gasteiger partial charge is 0.479 e. The van der Waals surface area contributed by atoms with Gasteiger partial charge in [-0.3, -0.25) is 4.90 Å². The Balaban J connectivity index is 1.26. The fraction of sp³-hybridized carbons (Fsp3) is 0.667. The van der Waals surface area contributed by atoms with Crippen molar-refractivity contribution in [3.63, 3.8) is 0 Å². The Hall–Kier alpha value is -2.41. The summed E-state index contributed by atoms with van der Waals surface area (Å²) in [5, 5.41) is 12.8. The number of hydrogen-bond donors (Lipinski definition) is 1. The molecular formula is C27H36N4O3. The molecule has 2 saturated heterocycles. The van der Waals surface area contributed by atoms with Crippen LogP contribution in [0.5, 0.6) is 0 Å². The molecular weight excluding hydrogens is 428 g/mol. The summed E-state index contributed by atoms with van der Waals surface area (Å²) in [4.78, 5) is 23.5. The summed E-state index contributed by atoms with van der Waals surface area (Å²) in [7, 11) is 0. The van der Waals surface area contributed by atoms with Crippen molar-refractivity contribution in [2.75, 3.05) is 6.61 Å². The van der Waals surface area contributed by atoms with Crippen LogP contribution in [-0.2, 0) is 9.63 Å². The molecule has 2 aliphatic heterocycles. The molecule has 4 bridgehead atoms. The Morgan fingerprint density at radius 1 is 0.971 bits per heavy atom. The molecule has 0 amide bonds. The molecule has 4 fully saturated rings. The van der Waals surface area contributed by atoms with E-state index in [1.165, 1.54) is 57.8 Å². The predicted octanol–water partition coefficient (Wildman–Crippen LogP) is 5.00. The van der Waals surface area contributed by atoms with Crippen LogP contribution in [-0.4, -0.2) is 56.5 Å². The summed E-state index contributed by atoms with van der Waals surface area (Å²) in [5.41, 5.74) is 2.08. The van der Waals surface area contributed by atoms with E-state index in [9.17, 15) is 4.79 Å². The first kappa shape index (κ1) is 22.1. The molecule has 1 aromatic carbocycles. The summed E-state index contributed by atoms with van der Waals surface area (Å²) < 4.78 is 2.35. The summed E-state index contributed by atoms with van der Waals surface area (Å²) >= 11 is 0. The zero-order valence-electron chi connectivity index (χ0n) is 19.9. The van der Waals surface area contributed by atoms with Crippen LogP contribution < -0.4 is 0 Å². The second-order valence-electron chi connectivity index (χ2n) is 11.1. The first-order valence-electron chi connectivity index (χ1n) is 13.3. The van der Waals surface area contributed by atoms with Gasteiger partial charge >= 0.3 is 5.97 Å². The Labute approximate surface area is 201 Å². The van der Waals surface area contributed by atoms with Crippen molar-refractivity contribution in [1.29, 1.82) is 0 Å². The van der Waals surface area contributed by atoms with Crippen molar-refractivity contribution in [1.82, 2.24) is 14.5 Å². The lowest BCUT2D eigenvalue weighted by Gasteiger charge is -2.55. The van der Waals surface area contributed by atoms with Crippen LogP contribution >= 0.6 is 0 Å². The van der Waals surface area contributed by atoms with E-state index in [0.717, 1.165) is 47.6 Å². The molecule has 2 aliphatic carbocycles. The molecule has 1 N–H and O–H groups in total. The third-order valence-corrected chi connectivity index (χ3v) is 8.95. The minimum Gasteiger partial charge on any atom is -0.479 e. The highest BCUT2D eigenvalue weighted by Gasteiger charge is 2.45. The maximum atomic E-state index is 10.8. The van der Waals surface area contributed by atoms with Gasteiger partial charge in [-0.1, -0.05) is 43.0 Å². The number of fused-ring (bicyclic) bond motifs is 5. The van der Waals surface area contributed by atoms with Crippen molar-refractivity contribution < 1.29 is 14.7 Å². The number of carboxylic acids is 1. The maximum absolute atomic E-state index is 10.8. The molecule has 4 atom stereocenters. The maximum Gasteiger partial charge on any atom is 0.344 e. The average molecular weight is 465 g/mol. The van der Waals surface area contributed by atoms with E-state index in [4.69, 9.17) is 14.9 Å². The van der Waals surface area contributed by atoms with Gasteiger partial charge in [0.2, 0.25) is 6.61 Å². The molecule has 0 radical (unpaired) electrons. The molecule has 2 aromatic rings. The van der Waals surface area contributed by atoms with E-state index < -0.39 is 12.6 Å². The van der Waals surface area contributed by atoms with Crippen molar-refractivity contribution >= 4 is 23.2 Å². The summed E-state index contributed by atoms with van der Waals surface area (Å²) in [6.07, 6.45) is 16.5. The van der Waals surface area contributed by atoms with E-state index in [-0.39, 0.29) is 0 Å². The van der Waals surface area contributed by atoms with Gasteiger partial charge in [0.1, 0.15) is 6.21 Å². The number of aliphatic carboxylic acids is 1. The van der Waals surface area contributed by atoms with Crippen LogP contribution in [0.1, 0.15) is 82.5 Å². The quantitative estimate of drug-likeness (QED) is 0.481. The van der Waals surface area contributed by atoms with Gasteiger partial charge in [-0.15, -0.1) is 0 Å². The third-order valence-electron chi connectivity index (χ3n) is 8.95. The highest BCUT2D eigenvalue weighted by Crippen LogP contribution is 2.47. The molecule has 34 heavy (non-hydrogen) atoms. The summed E-state index contributed by atoms with van der Waals surface area (Å²) in [6, 6.07) is 10.7. The smallest absolute Gasteiger partial charge is 0.344 e. The van der Waals surface area contributed by atoms with Crippen molar-refractivity contribution in [3.05, 3.63) is 30.1 Å².